The van der Waals surface area contributed by atoms with Gasteiger partial charge in [0, 0.05) is 18.4 Å². The van der Waals surface area contributed by atoms with Crippen LogP contribution in [0, 0.1) is 46.3 Å². The minimum absolute atomic E-state index is 0.0429. The molecule has 0 radical (unpaired) electrons. The number of rotatable bonds is 1. The van der Waals surface area contributed by atoms with E-state index in [0.29, 0.717) is 34.5 Å². The van der Waals surface area contributed by atoms with Gasteiger partial charge in [-0.1, -0.05) is 33.3 Å². The fraction of sp³-hybridized carbons (Fsp3) is 0.833. The van der Waals surface area contributed by atoms with E-state index < -0.39 is 0 Å². The molecule has 3 heteroatoms. The zero-order valence-electron chi connectivity index (χ0n) is 21.8. The normalized spacial score (nSPS) is 52.8. The third kappa shape index (κ3) is 2.75. The average Bonchev–Trinajstić information content (AvgIpc) is 3.05. The van der Waals surface area contributed by atoms with E-state index in [1.165, 1.54) is 44.9 Å². The highest BCUT2D eigenvalue weighted by Gasteiger charge is 2.64. The van der Waals surface area contributed by atoms with Gasteiger partial charge in [-0.25, -0.2) is 0 Å². The Balaban J connectivity index is 1.33. The van der Waals surface area contributed by atoms with Crippen molar-refractivity contribution in [2.24, 2.45) is 52.1 Å². The lowest BCUT2D eigenvalue weighted by atomic mass is 9.38. The lowest BCUT2D eigenvalue weighted by Gasteiger charge is -2.67. The van der Waals surface area contributed by atoms with Crippen molar-refractivity contribution in [3.8, 4) is 0 Å². The van der Waals surface area contributed by atoms with Crippen LogP contribution < -0.4 is 5.73 Å². The van der Waals surface area contributed by atoms with E-state index in [1.807, 2.05) is 0 Å². The number of carbonyl (C=O) groups is 1. The summed E-state index contributed by atoms with van der Waals surface area (Å²) in [5.74, 6) is 3.98. The van der Waals surface area contributed by atoms with E-state index in [1.54, 1.807) is 29.2 Å². The highest BCUT2D eigenvalue weighted by molar-refractivity contribution is 5.66. The molecule has 4 fully saturated rings. The summed E-state index contributed by atoms with van der Waals surface area (Å²) in [5.41, 5.74) is 14.6. The molecule has 0 spiro atoms. The first kappa shape index (κ1) is 22.4. The number of nitrogens with two attached hydrogens (primary N) is 1. The van der Waals surface area contributed by atoms with Crippen molar-refractivity contribution < 1.29 is 9.53 Å². The van der Waals surface area contributed by atoms with Crippen LogP contribution in [-0.2, 0) is 9.53 Å². The molecule has 0 amide bonds. The minimum atomic E-state index is -0.107. The number of fused-ring (bicyclic) bond motifs is 8. The first-order valence-electron chi connectivity index (χ1n) is 13.9. The van der Waals surface area contributed by atoms with Gasteiger partial charge in [-0.2, -0.15) is 0 Å². The van der Waals surface area contributed by atoms with Gasteiger partial charge in [0.05, 0.1) is 0 Å². The average molecular weight is 452 g/mol. The van der Waals surface area contributed by atoms with E-state index in [-0.39, 0.29) is 17.6 Å². The molecule has 0 bridgehead atoms. The van der Waals surface area contributed by atoms with E-state index >= 15 is 0 Å². The Morgan fingerprint density at radius 2 is 1.64 bits per heavy atom. The fourth-order valence-electron chi connectivity index (χ4n) is 10.9. The Hall–Kier alpha value is -1.09. The molecule has 6 aliphatic rings. The van der Waals surface area contributed by atoms with Crippen molar-refractivity contribution in [3.05, 3.63) is 22.3 Å². The first-order chi connectivity index (χ1) is 15.5. The van der Waals surface area contributed by atoms with Gasteiger partial charge < -0.3 is 10.5 Å². The molecule has 0 saturated heterocycles. The van der Waals surface area contributed by atoms with Crippen LogP contribution in [0.5, 0.6) is 0 Å². The summed E-state index contributed by atoms with van der Waals surface area (Å²) in [4.78, 5) is 11.7. The maximum atomic E-state index is 11.7. The van der Waals surface area contributed by atoms with Crippen molar-refractivity contribution >= 4 is 5.97 Å². The molecular formula is C30H45NO2. The largest absolute Gasteiger partial charge is 0.462 e. The molecule has 3 nitrogen and oxygen atoms in total. The summed E-state index contributed by atoms with van der Waals surface area (Å²) in [6.45, 7) is 14.0. The number of hydrogen-bond donors (Lipinski definition) is 1. The fourth-order valence-corrected chi connectivity index (χ4v) is 10.9. The van der Waals surface area contributed by atoms with Gasteiger partial charge in [0.15, 0.2) is 0 Å². The highest BCUT2D eigenvalue weighted by atomic mass is 16.5. The van der Waals surface area contributed by atoms with Crippen LogP contribution in [0.1, 0.15) is 99.3 Å². The maximum Gasteiger partial charge on any atom is 0.302 e. The van der Waals surface area contributed by atoms with Crippen LogP contribution in [0.4, 0.5) is 0 Å². The summed E-state index contributed by atoms with van der Waals surface area (Å²) in [7, 11) is 0. The Labute approximate surface area is 201 Å². The van der Waals surface area contributed by atoms with E-state index in [2.05, 4.69) is 34.6 Å². The van der Waals surface area contributed by atoms with Gasteiger partial charge in [-0.3, -0.25) is 4.79 Å². The number of esters is 1. The lowest BCUT2D eigenvalue weighted by molar-refractivity contribution is -0.188. The van der Waals surface area contributed by atoms with E-state index in [4.69, 9.17) is 10.5 Å². The van der Waals surface area contributed by atoms with Crippen molar-refractivity contribution in [1.82, 2.24) is 0 Å². The van der Waals surface area contributed by atoms with Crippen molar-refractivity contribution in [2.75, 3.05) is 0 Å². The first-order valence-corrected chi connectivity index (χ1v) is 13.9. The summed E-state index contributed by atoms with van der Waals surface area (Å²) in [5, 5.41) is 0. The van der Waals surface area contributed by atoms with E-state index in [0.717, 1.165) is 24.7 Å². The summed E-state index contributed by atoms with van der Waals surface area (Å²) in [6.07, 6.45) is 11.3. The molecule has 0 heterocycles. The molecule has 4 saturated carbocycles. The predicted molar refractivity (Wildman–Crippen MR) is 132 cm³/mol. The Kier molecular flexibility index (Phi) is 4.74. The van der Waals surface area contributed by atoms with Gasteiger partial charge in [0.1, 0.15) is 6.10 Å². The third-order valence-electron chi connectivity index (χ3n) is 12.5. The molecule has 10 unspecified atom stereocenters. The molecule has 0 aromatic carbocycles. The minimum Gasteiger partial charge on any atom is -0.462 e. The Bertz CT molecular complexity index is 962. The van der Waals surface area contributed by atoms with Gasteiger partial charge in [0.25, 0.3) is 0 Å². The molecule has 0 aromatic rings. The topological polar surface area (TPSA) is 52.3 Å². The summed E-state index contributed by atoms with van der Waals surface area (Å²) in [6, 6.07) is 0. The zero-order chi connectivity index (χ0) is 23.5. The van der Waals surface area contributed by atoms with Crippen molar-refractivity contribution in [2.45, 2.75) is 111 Å². The highest BCUT2D eigenvalue weighted by Crippen LogP contribution is 2.71. The maximum absolute atomic E-state index is 11.7. The summed E-state index contributed by atoms with van der Waals surface area (Å²) >= 11 is 0. The van der Waals surface area contributed by atoms with E-state index in [9.17, 15) is 4.79 Å². The second kappa shape index (κ2) is 6.99. The predicted octanol–water partition coefficient (Wildman–Crippen LogP) is 6.57. The number of carbonyl (C=O) groups excluding carboxylic acids is 1. The number of hydrogen-bond acceptors (Lipinski definition) is 3. The van der Waals surface area contributed by atoms with Crippen LogP contribution in [-0.4, -0.2) is 17.6 Å². The Morgan fingerprint density at radius 3 is 2.36 bits per heavy atom. The smallest absolute Gasteiger partial charge is 0.302 e. The molecule has 2 N–H and O–H groups in total. The van der Waals surface area contributed by atoms with Crippen molar-refractivity contribution in [1.29, 1.82) is 0 Å². The standard InChI is InChI=1S/C30H45NO2/c1-16-17(2)26-21(16)15-30(31)14-10-23-20(27(26)30)7-8-25-28(5)13-11-24(33-19(4)32)18(3)22(28)9-12-29(23,25)6/h17-18,20,22-25H,7-15,31H2,1-6H3. The number of ether oxygens (including phenoxy) is 1. The molecule has 182 valence electrons. The molecule has 0 aromatic heterocycles. The second-order valence-corrected chi connectivity index (χ2v) is 13.6. The van der Waals surface area contributed by atoms with Gasteiger partial charge in [-0.05, 0) is 122 Å². The molecule has 6 rings (SSSR count). The Morgan fingerprint density at radius 1 is 0.970 bits per heavy atom. The van der Waals surface area contributed by atoms with Crippen LogP contribution in [0.25, 0.3) is 0 Å². The third-order valence-corrected chi connectivity index (χ3v) is 12.5. The van der Waals surface area contributed by atoms with Crippen LogP contribution in [0.3, 0.4) is 0 Å². The monoisotopic (exact) mass is 451 g/mol. The molecule has 6 aliphatic carbocycles. The van der Waals surface area contributed by atoms with Gasteiger partial charge in [-0.15, -0.1) is 0 Å². The van der Waals surface area contributed by atoms with Gasteiger partial charge in [0.2, 0.25) is 0 Å². The summed E-state index contributed by atoms with van der Waals surface area (Å²) < 4.78 is 5.79. The molecular weight excluding hydrogens is 406 g/mol. The second-order valence-electron chi connectivity index (χ2n) is 13.6. The quantitative estimate of drug-likeness (QED) is 0.459. The lowest BCUT2D eigenvalue weighted by Crippen LogP contribution is -2.61. The van der Waals surface area contributed by atoms with Crippen molar-refractivity contribution in [3.63, 3.8) is 0 Å². The van der Waals surface area contributed by atoms with Crippen LogP contribution >= 0.6 is 0 Å². The molecule has 33 heavy (non-hydrogen) atoms. The number of allylic oxidation sites excluding steroid dienone is 2. The molecule has 10 atom stereocenters. The molecule has 0 aliphatic heterocycles. The SMILES string of the molecule is CC(=O)OC1CCC2(C)C(CCC3(C)C4CCC5(N)CC6=C(C)C(C)C6=C5C4CCC32)C1C. The van der Waals surface area contributed by atoms with Crippen LogP contribution in [0.2, 0.25) is 0 Å². The van der Waals surface area contributed by atoms with Crippen LogP contribution in [0.15, 0.2) is 22.3 Å². The zero-order valence-corrected chi connectivity index (χ0v) is 21.8. The van der Waals surface area contributed by atoms with Gasteiger partial charge >= 0.3 is 5.97 Å².